The first kappa shape index (κ1) is 13.9. The molecule has 1 amide bonds. The summed E-state index contributed by atoms with van der Waals surface area (Å²) in [6.45, 7) is 2.32. The predicted octanol–water partition coefficient (Wildman–Crippen LogP) is 2.93. The summed E-state index contributed by atoms with van der Waals surface area (Å²) in [5.74, 6) is 2.10. The van der Waals surface area contributed by atoms with E-state index in [-0.39, 0.29) is 5.91 Å². The van der Waals surface area contributed by atoms with Gasteiger partial charge in [0.1, 0.15) is 17.3 Å². The molecule has 0 radical (unpaired) electrons. The third-order valence-electron chi connectivity index (χ3n) is 2.76. The minimum absolute atomic E-state index is 0.165. The van der Waals surface area contributed by atoms with E-state index in [0.717, 1.165) is 17.1 Å². The fourth-order valence-electron chi connectivity index (χ4n) is 1.73. The quantitative estimate of drug-likeness (QED) is 0.851. The van der Waals surface area contributed by atoms with E-state index in [4.69, 9.17) is 9.15 Å². The Kier molecular flexibility index (Phi) is 4.60. The van der Waals surface area contributed by atoms with Crippen molar-refractivity contribution in [3.8, 4) is 5.75 Å². The summed E-state index contributed by atoms with van der Waals surface area (Å²) in [5.41, 5.74) is 0.986. The van der Waals surface area contributed by atoms with E-state index in [1.54, 1.807) is 13.2 Å². The molecular formula is C16H17NO3. The van der Waals surface area contributed by atoms with Crippen LogP contribution in [0.1, 0.15) is 17.1 Å². The highest BCUT2D eigenvalue weighted by molar-refractivity contribution is 5.91. The number of rotatable bonds is 5. The van der Waals surface area contributed by atoms with Crippen LogP contribution in [0, 0.1) is 6.92 Å². The Balaban J connectivity index is 1.87. The van der Waals surface area contributed by atoms with E-state index in [2.05, 4.69) is 5.32 Å². The van der Waals surface area contributed by atoms with Crippen LogP contribution in [0.25, 0.3) is 6.08 Å². The molecule has 104 valence electrons. The molecule has 1 heterocycles. The molecule has 0 saturated carbocycles. The maximum Gasteiger partial charge on any atom is 0.244 e. The van der Waals surface area contributed by atoms with Gasteiger partial charge in [0.05, 0.1) is 7.11 Å². The summed E-state index contributed by atoms with van der Waals surface area (Å²) in [5, 5.41) is 2.80. The summed E-state index contributed by atoms with van der Waals surface area (Å²) < 4.78 is 10.5. The monoisotopic (exact) mass is 271 g/mol. The van der Waals surface area contributed by atoms with Gasteiger partial charge in [-0.1, -0.05) is 12.1 Å². The zero-order chi connectivity index (χ0) is 14.4. The first-order valence-corrected chi connectivity index (χ1v) is 6.32. The molecule has 4 nitrogen and oxygen atoms in total. The molecule has 0 atom stereocenters. The largest absolute Gasteiger partial charge is 0.497 e. The van der Waals surface area contributed by atoms with Crippen molar-refractivity contribution in [1.82, 2.24) is 5.32 Å². The first-order chi connectivity index (χ1) is 9.67. The molecule has 0 unspecified atom stereocenters. The van der Waals surface area contributed by atoms with Gasteiger partial charge in [0.2, 0.25) is 5.91 Å². The summed E-state index contributed by atoms with van der Waals surface area (Å²) >= 11 is 0. The predicted molar refractivity (Wildman–Crippen MR) is 77.3 cm³/mol. The molecular weight excluding hydrogens is 254 g/mol. The Labute approximate surface area is 118 Å². The number of amides is 1. The fraction of sp³-hybridized carbons (Fsp3) is 0.188. The van der Waals surface area contributed by atoms with Gasteiger partial charge in [0, 0.05) is 12.6 Å². The van der Waals surface area contributed by atoms with Crippen LogP contribution in [0.15, 0.2) is 46.9 Å². The molecule has 4 heteroatoms. The molecule has 1 aromatic heterocycles. The Bertz CT molecular complexity index is 614. The lowest BCUT2D eigenvalue weighted by Crippen LogP contribution is -2.20. The number of ether oxygens (including phenoxy) is 1. The summed E-state index contributed by atoms with van der Waals surface area (Å²) in [7, 11) is 1.62. The van der Waals surface area contributed by atoms with Gasteiger partial charge in [0.15, 0.2) is 0 Å². The SMILES string of the molecule is COc1cccc(CNC(=O)/C=C/c2ccc(C)o2)c1. The van der Waals surface area contributed by atoms with Crippen LogP contribution in [0.2, 0.25) is 0 Å². The van der Waals surface area contributed by atoms with Crippen LogP contribution in [0.4, 0.5) is 0 Å². The van der Waals surface area contributed by atoms with Crippen LogP contribution in [0.3, 0.4) is 0 Å². The van der Waals surface area contributed by atoms with Crippen molar-refractivity contribution in [3.05, 3.63) is 59.6 Å². The summed E-state index contributed by atoms with van der Waals surface area (Å²) in [4.78, 5) is 11.7. The van der Waals surface area contributed by atoms with E-state index >= 15 is 0 Å². The average Bonchev–Trinajstić information content (AvgIpc) is 2.89. The summed E-state index contributed by atoms with van der Waals surface area (Å²) in [6.07, 6.45) is 3.10. The van der Waals surface area contributed by atoms with Crippen LogP contribution < -0.4 is 10.1 Å². The van der Waals surface area contributed by atoms with E-state index < -0.39 is 0 Å². The van der Waals surface area contributed by atoms with E-state index in [0.29, 0.717) is 12.3 Å². The number of aryl methyl sites for hydroxylation is 1. The van der Waals surface area contributed by atoms with E-state index in [1.165, 1.54) is 6.08 Å². The molecule has 2 aromatic rings. The van der Waals surface area contributed by atoms with Crippen molar-refractivity contribution >= 4 is 12.0 Å². The fourth-order valence-corrected chi connectivity index (χ4v) is 1.73. The molecule has 1 aromatic carbocycles. The highest BCUT2D eigenvalue weighted by Gasteiger charge is 1.99. The molecule has 20 heavy (non-hydrogen) atoms. The minimum Gasteiger partial charge on any atom is -0.497 e. The molecule has 0 aliphatic heterocycles. The molecule has 2 rings (SSSR count). The zero-order valence-corrected chi connectivity index (χ0v) is 11.6. The lowest BCUT2D eigenvalue weighted by molar-refractivity contribution is -0.116. The smallest absolute Gasteiger partial charge is 0.244 e. The van der Waals surface area contributed by atoms with Crippen molar-refractivity contribution in [2.75, 3.05) is 7.11 Å². The number of hydrogen-bond donors (Lipinski definition) is 1. The molecule has 0 fully saturated rings. The Hall–Kier alpha value is -2.49. The van der Waals surface area contributed by atoms with Crippen molar-refractivity contribution < 1.29 is 13.9 Å². The third-order valence-corrected chi connectivity index (χ3v) is 2.76. The number of carbonyl (C=O) groups excluding carboxylic acids is 1. The van der Waals surface area contributed by atoms with Crippen LogP contribution >= 0.6 is 0 Å². The van der Waals surface area contributed by atoms with Crippen LogP contribution in [0.5, 0.6) is 5.75 Å². The number of carbonyl (C=O) groups is 1. The highest BCUT2D eigenvalue weighted by atomic mass is 16.5. The van der Waals surface area contributed by atoms with Crippen molar-refractivity contribution in [2.24, 2.45) is 0 Å². The lowest BCUT2D eigenvalue weighted by Gasteiger charge is -2.04. The molecule has 1 N–H and O–H groups in total. The normalized spacial score (nSPS) is 10.7. The Morgan fingerprint density at radius 2 is 2.20 bits per heavy atom. The maximum atomic E-state index is 11.7. The van der Waals surface area contributed by atoms with Crippen molar-refractivity contribution in [2.45, 2.75) is 13.5 Å². The number of furan rings is 1. The van der Waals surface area contributed by atoms with Gasteiger partial charge in [-0.3, -0.25) is 4.79 Å². The molecule has 0 aliphatic rings. The minimum atomic E-state index is -0.165. The maximum absolute atomic E-state index is 11.7. The Morgan fingerprint density at radius 1 is 1.35 bits per heavy atom. The number of methoxy groups -OCH3 is 1. The molecule has 0 saturated heterocycles. The number of benzene rings is 1. The lowest BCUT2D eigenvalue weighted by atomic mass is 10.2. The standard InChI is InChI=1S/C16H17NO3/c1-12-6-7-14(20-12)8-9-16(18)17-11-13-4-3-5-15(10-13)19-2/h3-10H,11H2,1-2H3,(H,17,18)/b9-8+. The number of hydrogen-bond acceptors (Lipinski definition) is 3. The van der Waals surface area contributed by atoms with E-state index in [1.807, 2.05) is 43.3 Å². The topological polar surface area (TPSA) is 51.5 Å². The second kappa shape index (κ2) is 6.61. The molecule has 0 aliphatic carbocycles. The second-order valence-electron chi connectivity index (χ2n) is 4.35. The average molecular weight is 271 g/mol. The van der Waals surface area contributed by atoms with Gasteiger partial charge in [-0.15, -0.1) is 0 Å². The van der Waals surface area contributed by atoms with Gasteiger partial charge in [-0.2, -0.15) is 0 Å². The molecule has 0 bridgehead atoms. The van der Waals surface area contributed by atoms with Crippen molar-refractivity contribution in [1.29, 1.82) is 0 Å². The van der Waals surface area contributed by atoms with Gasteiger partial charge in [0.25, 0.3) is 0 Å². The highest BCUT2D eigenvalue weighted by Crippen LogP contribution is 2.12. The third kappa shape index (κ3) is 4.02. The summed E-state index contributed by atoms with van der Waals surface area (Å²) in [6, 6.07) is 11.3. The van der Waals surface area contributed by atoms with Crippen LogP contribution in [-0.4, -0.2) is 13.0 Å². The number of nitrogens with one attached hydrogen (secondary N) is 1. The van der Waals surface area contributed by atoms with Crippen LogP contribution in [-0.2, 0) is 11.3 Å². The van der Waals surface area contributed by atoms with Gasteiger partial charge < -0.3 is 14.5 Å². The van der Waals surface area contributed by atoms with Crippen molar-refractivity contribution in [3.63, 3.8) is 0 Å². The van der Waals surface area contributed by atoms with Gasteiger partial charge in [-0.05, 0) is 42.8 Å². The first-order valence-electron chi connectivity index (χ1n) is 6.32. The zero-order valence-electron chi connectivity index (χ0n) is 11.6. The molecule has 0 spiro atoms. The van der Waals surface area contributed by atoms with E-state index in [9.17, 15) is 4.79 Å². The van der Waals surface area contributed by atoms with Gasteiger partial charge in [-0.25, -0.2) is 0 Å². The van der Waals surface area contributed by atoms with Gasteiger partial charge >= 0.3 is 0 Å². The second-order valence-corrected chi connectivity index (χ2v) is 4.35. The Morgan fingerprint density at radius 3 is 2.90 bits per heavy atom.